The van der Waals surface area contributed by atoms with Gasteiger partial charge in [0.25, 0.3) is 0 Å². The number of hydrogen-bond donors (Lipinski definition) is 3. The number of carbonyl (C=O) groups excluding carboxylic acids is 1. The zero-order valence-electron chi connectivity index (χ0n) is 7.86. The highest BCUT2D eigenvalue weighted by Gasteiger charge is 2.02. The van der Waals surface area contributed by atoms with E-state index < -0.39 is 6.03 Å². The monoisotopic (exact) mass is 194 g/mol. The van der Waals surface area contributed by atoms with Crippen LogP contribution in [0.3, 0.4) is 0 Å². The summed E-state index contributed by atoms with van der Waals surface area (Å²) >= 11 is 0. The highest BCUT2D eigenvalue weighted by Crippen LogP contribution is 2.16. The molecule has 0 aromatic heterocycles. The van der Waals surface area contributed by atoms with Crippen LogP contribution in [-0.4, -0.2) is 17.7 Å². The number of para-hydroxylation sites is 1. The van der Waals surface area contributed by atoms with Crippen molar-refractivity contribution in [2.75, 3.05) is 11.9 Å². The van der Waals surface area contributed by atoms with Crippen LogP contribution < -0.4 is 11.1 Å². The number of amides is 2. The lowest BCUT2D eigenvalue weighted by Gasteiger charge is -2.08. The van der Waals surface area contributed by atoms with Crippen LogP contribution in [0.15, 0.2) is 24.3 Å². The van der Waals surface area contributed by atoms with Crippen molar-refractivity contribution in [3.63, 3.8) is 0 Å². The van der Waals surface area contributed by atoms with E-state index in [1.54, 1.807) is 6.07 Å². The third-order valence-electron chi connectivity index (χ3n) is 1.88. The van der Waals surface area contributed by atoms with Crippen LogP contribution in [0.25, 0.3) is 0 Å². The summed E-state index contributed by atoms with van der Waals surface area (Å²) in [5.41, 5.74) is 6.73. The Hall–Kier alpha value is -1.55. The Balaban J connectivity index is 2.74. The summed E-state index contributed by atoms with van der Waals surface area (Å²) in [6, 6.07) is 6.84. The zero-order valence-corrected chi connectivity index (χ0v) is 7.86. The molecule has 0 aliphatic rings. The largest absolute Gasteiger partial charge is 0.396 e. The molecule has 0 bridgehead atoms. The standard InChI is InChI=1S/C10H14N2O2/c11-10(14)12-9-6-2-1-4-8(9)5-3-7-13/h1-2,4,6,13H,3,5,7H2,(H3,11,12,14). The maximum Gasteiger partial charge on any atom is 0.316 e. The molecule has 0 unspecified atom stereocenters. The number of primary amides is 1. The number of carbonyl (C=O) groups is 1. The second kappa shape index (κ2) is 5.24. The van der Waals surface area contributed by atoms with Gasteiger partial charge in [-0.2, -0.15) is 0 Å². The molecule has 1 aromatic rings. The second-order valence-corrected chi connectivity index (χ2v) is 2.97. The van der Waals surface area contributed by atoms with E-state index in [1.807, 2.05) is 18.2 Å². The van der Waals surface area contributed by atoms with Crippen LogP contribution >= 0.6 is 0 Å². The third kappa shape index (κ3) is 3.06. The van der Waals surface area contributed by atoms with E-state index in [2.05, 4.69) is 5.32 Å². The Morgan fingerprint density at radius 1 is 1.43 bits per heavy atom. The fraction of sp³-hybridized carbons (Fsp3) is 0.300. The molecule has 2 amide bonds. The predicted molar refractivity (Wildman–Crippen MR) is 55.1 cm³/mol. The highest BCUT2D eigenvalue weighted by molar-refractivity contribution is 5.88. The SMILES string of the molecule is NC(=O)Nc1ccccc1CCCO. The number of benzene rings is 1. The third-order valence-corrected chi connectivity index (χ3v) is 1.88. The van der Waals surface area contributed by atoms with E-state index in [9.17, 15) is 4.79 Å². The van der Waals surface area contributed by atoms with Gasteiger partial charge in [-0.1, -0.05) is 18.2 Å². The summed E-state index contributed by atoms with van der Waals surface area (Å²) < 4.78 is 0. The van der Waals surface area contributed by atoms with Crippen LogP contribution in [0, 0.1) is 0 Å². The van der Waals surface area contributed by atoms with E-state index in [0.29, 0.717) is 12.1 Å². The summed E-state index contributed by atoms with van der Waals surface area (Å²) in [6.45, 7) is 0.144. The van der Waals surface area contributed by atoms with Crippen molar-refractivity contribution in [3.05, 3.63) is 29.8 Å². The van der Waals surface area contributed by atoms with Crippen LogP contribution in [0.2, 0.25) is 0 Å². The molecule has 4 nitrogen and oxygen atoms in total. The van der Waals surface area contributed by atoms with E-state index in [-0.39, 0.29) is 6.61 Å². The molecule has 0 saturated carbocycles. The van der Waals surface area contributed by atoms with Gasteiger partial charge in [0.05, 0.1) is 0 Å². The number of hydrogen-bond acceptors (Lipinski definition) is 2. The van der Waals surface area contributed by atoms with Gasteiger partial charge in [0.2, 0.25) is 0 Å². The normalized spacial score (nSPS) is 9.79. The lowest BCUT2D eigenvalue weighted by molar-refractivity contribution is 0.259. The summed E-state index contributed by atoms with van der Waals surface area (Å²) in [7, 11) is 0. The number of aryl methyl sites for hydroxylation is 1. The molecule has 0 saturated heterocycles. The van der Waals surface area contributed by atoms with Gasteiger partial charge in [0, 0.05) is 12.3 Å². The Morgan fingerprint density at radius 3 is 2.79 bits per heavy atom. The van der Waals surface area contributed by atoms with Crippen molar-refractivity contribution < 1.29 is 9.90 Å². The Kier molecular flexibility index (Phi) is 3.94. The summed E-state index contributed by atoms with van der Waals surface area (Å²) in [6.07, 6.45) is 1.41. The molecular weight excluding hydrogens is 180 g/mol. The number of nitrogens with two attached hydrogens (primary N) is 1. The Labute approximate surface area is 82.7 Å². The quantitative estimate of drug-likeness (QED) is 0.671. The van der Waals surface area contributed by atoms with E-state index in [0.717, 1.165) is 12.0 Å². The van der Waals surface area contributed by atoms with Crippen molar-refractivity contribution >= 4 is 11.7 Å². The molecular formula is C10H14N2O2. The average molecular weight is 194 g/mol. The van der Waals surface area contributed by atoms with Crippen LogP contribution in [-0.2, 0) is 6.42 Å². The van der Waals surface area contributed by atoms with Crippen LogP contribution in [0.4, 0.5) is 10.5 Å². The molecule has 0 aliphatic carbocycles. The van der Waals surface area contributed by atoms with Crippen molar-refractivity contribution in [1.82, 2.24) is 0 Å². The van der Waals surface area contributed by atoms with Gasteiger partial charge in [-0.15, -0.1) is 0 Å². The summed E-state index contributed by atoms with van der Waals surface area (Å²) in [5, 5.41) is 11.2. The number of urea groups is 1. The fourth-order valence-corrected chi connectivity index (χ4v) is 1.26. The first-order valence-electron chi connectivity index (χ1n) is 4.49. The first kappa shape index (κ1) is 10.5. The van der Waals surface area contributed by atoms with Crippen LogP contribution in [0.1, 0.15) is 12.0 Å². The molecule has 0 aliphatic heterocycles. The minimum atomic E-state index is -0.568. The van der Waals surface area contributed by atoms with Crippen molar-refractivity contribution in [1.29, 1.82) is 0 Å². The molecule has 76 valence electrons. The fourth-order valence-electron chi connectivity index (χ4n) is 1.26. The molecule has 4 N–H and O–H groups in total. The maximum absolute atomic E-state index is 10.7. The van der Waals surface area contributed by atoms with Gasteiger partial charge < -0.3 is 16.2 Å². The van der Waals surface area contributed by atoms with E-state index >= 15 is 0 Å². The summed E-state index contributed by atoms with van der Waals surface area (Å²) in [4.78, 5) is 10.7. The second-order valence-electron chi connectivity index (χ2n) is 2.97. The maximum atomic E-state index is 10.7. The van der Waals surface area contributed by atoms with Gasteiger partial charge in [-0.25, -0.2) is 4.79 Å². The zero-order chi connectivity index (χ0) is 10.4. The molecule has 0 heterocycles. The predicted octanol–water partition coefficient (Wildman–Crippen LogP) is 1.10. The first-order chi connectivity index (χ1) is 6.74. The molecule has 1 aromatic carbocycles. The molecule has 0 atom stereocenters. The first-order valence-corrected chi connectivity index (χ1v) is 4.49. The molecule has 0 fully saturated rings. The average Bonchev–Trinajstić information content (AvgIpc) is 2.16. The Morgan fingerprint density at radius 2 is 2.14 bits per heavy atom. The van der Waals surface area contributed by atoms with Gasteiger partial charge in [-0.05, 0) is 24.5 Å². The van der Waals surface area contributed by atoms with Crippen molar-refractivity contribution in [3.8, 4) is 0 Å². The van der Waals surface area contributed by atoms with E-state index in [1.165, 1.54) is 0 Å². The molecule has 4 heteroatoms. The smallest absolute Gasteiger partial charge is 0.316 e. The number of nitrogens with one attached hydrogen (secondary N) is 1. The van der Waals surface area contributed by atoms with Gasteiger partial charge in [0.15, 0.2) is 0 Å². The molecule has 0 spiro atoms. The number of rotatable bonds is 4. The lowest BCUT2D eigenvalue weighted by atomic mass is 10.1. The van der Waals surface area contributed by atoms with E-state index in [4.69, 9.17) is 10.8 Å². The highest BCUT2D eigenvalue weighted by atomic mass is 16.2. The summed E-state index contributed by atoms with van der Waals surface area (Å²) in [5.74, 6) is 0. The van der Waals surface area contributed by atoms with Crippen molar-refractivity contribution in [2.24, 2.45) is 5.73 Å². The number of anilines is 1. The molecule has 14 heavy (non-hydrogen) atoms. The minimum Gasteiger partial charge on any atom is -0.396 e. The molecule has 1 rings (SSSR count). The minimum absolute atomic E-state index is 0.144. The topological polar surface area (TPSA) is 75.4 Å². The van der Waals surface area contributed by atoms with Gasteiger partial charge in [0.1, 0.15) is 0 Å². The number of aliphatic hydroxyl groups is 1. The molecule has 0 radical (unpaired) electrons. The van der Waals surface area contributed by atoms with Gasteiger partial charge in [-0.3, -0.25) is 0 Å². The number of aliphatic hydroxyl groups excluding tert-OH is 1. The van der Waals surface area contributed by atoms with Gasteiger partial charge >= 0.3 is 6.03 Å². The Bertz CT molecular complexity index is 313. The lowest BCUT2D eigenvalue weighted by Crippen LogP contribution is -2.20. The van der Waals surface area contributed by atoms with Crippen LogP contribution in [0.5, 0.6) is 0 Å². The van der Waals surface area contributed by atoms with Crippen molar-refractivity contribution in [2.45, 2.75) is 12.8 Å².